The second-order valence-corrected chi connectivity index (χ2v) is 6.35. The van der Waals surface area contributed by atoms with Crippen molar-refractivity contribution in [2.24, 2.45) is 0 Å². The van der Waals surface area contributed by atoms with Crippen LogP contribution < -0.4 is 4.90 Å². The number of hydrogen-bond acceptors (Lipinski definition) is 3. The fourth-order valence-corrected chi connectivity index (χ4v) is 3.35. The van der Waals surface area contributed by atoms with E-state index >= 15 is 0 Å². The summed E-state index contributed by atoms with van der Waals surface area (Å²) >= 11 is 0. The van der Waals surface area contributed by atoms with Gasteiger partial charge < -0.3 is 4.90 Å². The molecule has 124 valence electrons. The highest BCUT2D eigenvalue weighted by Gasteiger charge is 2.26. The molecule has 0 bridgehead atoms. The van der Waals surface area contributed by atoms with Crippen molar-refractivity contribution in [3.05, 3.63) is 77.2 Å². The highest BCUT2D eigenvalue weighted by molar-refractivity contribution is 6.08. The third kappa shape index (κ3) is 2.80. The average Bonchev–Trinajstić information content (AvgIpc) is 3.05. The largest absolute Gasteiger partial charge is 0.308 e. The van der Waals surface area contributed by atoms with E-state index in [0.717, 1.165) is 46.9 Å². The maximum atomic E-state index is 12.9. The zero-order chi connectivity index (χ0) is 17.4. The standard InChI is InChI=1S/C21H19N3O/c1-14-5-3-4-6-18(14)21(25)24-12-10-17-13-16(7-8-20(17)24)19-9-11-22-15(2)23-19/h3-9,11,13H,10,12H2,1-2H3. The Morgan fingerprint density at radius 2 is 1.92 bits per heavy atom. The molecule has 0 atom stereocenters. The molecule has 0 saturated heterocycles. The molecule has 2 heterocycles. The number of benzene rings is 2. The minimum atomic E-state index is 0.0717. The Balaban J connectivity index is 1.68. The minimum absolute atomic E-state index is 0.0717. The summed E-state index contributed by atoms with van der Waals surface area (Å²) in [6.45, 7) is 4.58. The number of hydrogen-bond donors (Lipinski definition) is 0. The smallest absolute Gasteiger partial charge is 0.258 e. The highest BCUT2D eigenvalue weighted by atomic mass is 16.2. The number of anilines is 1. The van der Waals surface area contributed by atoms with E-state index in [-0.39, 0.29) is 5.91 Å². The van der Waals surface area contributed by atoms with E-state index < -0.39 is 0 Å². The summed E-state index contributed by atoms with van der Waals surface area (Å²) in [7, 11) is 0. The molecule has 0 aliphatic carbocycles. The number of aryl methyl sites for hydroxylation is 2. The third-order valence-electron chi connectivity index (χ3n) is 4.67. The van der Waals surface area contributed by atoms with E-state index in [1.165, 1.54) is 5.56 Å². The van der Waals surface area contributed by atoms with Gasteiger partial charge in [0.05, 0.1) is 5.69 Å². The maximum absolute atomic E-state index is 12.9. The van der Waals surface area contributed by atoms with Gasteiger partial charge in [-0.25, -0.2) is 9.97 Å². The van der Waals surface area contributed by atoms with E-state index in [1.54, 1.807) is 6.20 Å². The number of rotatable bonds is 2. The van der Waals surface area contributed by atoms with E-state index in [1.807, 2.05) is 61.2 Å². The topological polar surface area (TPSA) is 46.1 Å². The van der Waals surface area contributed by atoms with Crippen LogP contribution in [0.1, 0.15) is 27.3 Å². The molecule has 1 aromatic heterocycles. The lowest BCUT2D eigenvalue weighted by atomic mass is 10.1. The molecule has 3 aromatic rings. The molecule has 1 amide bonds. The molecular weight excluding hydrogens is 310 g/mol. The molecule has 0 N–H and O–H groups in total. The molecule has 4 nitrogen and oxygen atoms in total. The normalized spacial score (nSPS) is 13.0. The number of carbonyl (C=O) groups excluding carboxylic acids is 1. The zero-order valence-electron chi connectivity index (χ0n) is 14.4. The first-order chi connectivity index (χ1) is 12.1. The molecule has 1 aliphatic heterocycles. The summed E-state index contributed by atoms with van der Waals surface area (Å²) in [5, 5.41) is 0. The average molecular weight is 329 g/mol. The lowest BCUT2D eigenvalue weighted by Crippen LogP contribution is -2.29. The van der Waals surface area contributed by atoms with Crippen LogP contribution in [0.4, 0.5) is 5.69 Å². The third-order valence-corrected chi connectivity index (χ3v) is 4.67. The minimum Gasteiger partial charge on any atom is -0.308 e. The van der Waals surface area contributed by atoms with Gasteiger partial charge in [0.15, 0.2) is 0 Å². The lowest BCUT2D eigenvalue weighted by molar-refractivity contribution is 0.0989. The second kappa shape index (κ2) is 6.13. The van der Waals surface area contributed by atoms with Crippen molar-refractivity contribution in [1.29, 1.82) is 0 Å². The number of aromatic nitrogens is 2. The molecule has 0 fully saturated rings. The molecule has 0 spiro atoms. The number of fused-ring (bicyclic) bond motifs is 1. The first kappa shape index (κ1) is 15.5. The van der Waals surface area contributed by atoms with Crippen molar-refractivity contribution >= 4 is 11.6 Å². The van der Waals surface area contributed by atoms with Gasteiger partial charge >= 0.3 is 0 Å². The van der Waals surface area contributed by atoms with E-state index in [9.17, 15) is 4.79 Å². The number of nitrogens with zero attached hydrogens (tertiary/aromatic N) is 3. The van der Waals surface area contributed by atoms with Gasteiger partial charge in [-0.2, -0.15) is 0 Å². The Kier molecular flexibility index (Phi) is 3.80. The molecule has 4 heteroatoms. The van der Waals surface area contributed by atoms with E-state index in [2.05, 4.69) is 16.0 Å². The van der Waals surface area contributed by atoms with Gasteiger partial charge in [-0.1, -0.05) is 24.3 Å². The molecule has 25 heavy (non-hydrogen) atoms. The quantitative estimate of drug-likeness (QED) is 0.715. The van der Waals surface area contributed by atoms with Crippen molar-refractivity contribution in [2.75, 3.05) is 11.4 Å². The van der Waals surface area contributed by atoms with Crippen LogP contribution in [0, 0.1) is 13.8 Å². The van der Waals surface area contributed by atoms with Gasteiger partial charge in [0.1, 0.15) is 5.82 Å². The maximum Gasteiger partial charge on any atom is 0.258 e. The Labute approximate surface area is 147 Å². The van der Waals surface area contributed by atoms with Crippen LogP contribution in [0.15, 0.2) is 54.7 Å². The van der Waals surface area contributed by atoms with Gasteiger partial charge in [0, 0.05) is 29.6 Å². The summed E-state index contributed by atoms with van der Waals surface area (Å²) in [5.41, 5.74) is 5.95. The summed E-state index contributed by atoms with van der Waals surface area (Å²) in [4.78, 5) is 23.5. The van der Waals surface area contributed by atoms with Crippen LogP contribution in [-0.2, 0) is 6.42 Å². The zero-order valence-corrected chi connectivity index (χ0v) is 14.4. The summed E-state index contributed by atoms with van der Waals surface area (Å²) in [6.07, 6.45) is 2.64. The van der Waals surface area contributed by atoms with Crippen LogP contribution in [0.2, 0.25) is 0 Å². The van der Waals surface area contributed by atoms with Crippen LogP contribution in [0.25, 0.3) is 11.3 Å². The van der Waals surface area contributed by atoms with Crippen molar-refractivity contribution < 1.29 is 4.79 Å². The van der Waals surface area contributed by atoms with Gasteiger partial charge in [-0.05, 0) is 55.7 Å². The second-order valence-electron chi connectivity index (χ2n) is 6.35. The first-order valence-corrected chi connectivity index (χ1v) is 8.44. The Bertz CT molecular complexity index is 965. The van der Waals surface area contributed by atoms with Gasteiger partial charge in [-0.15, -0.1) is 0 Å². The van der Waals surface area contributed by atoms with Gasteiger partial charge in [0.2, 0.25) is 0 Å². The summed E-state index contributed by atoms with van der Waals surface area (Å²) in [6, 6.07) is 15.9. The predicted molar refractivity (Wildman–Crippen MR) is 98.8 cm³/mol. The van der Waals surface area contributed by atoms with Crippen LogP contribution >= 0.6 is 0 Å². The van der Waals surface area contributed by atoms with Crippen molar-refractivity contribution in [3.8, 4) is 11.3 Å². The molecule has 2 aromatic carbocycles. The van der Waals surface area contributed by atoms with Gasteiger partial charge in [-0.3, -0.25) is 4.79 Å². The van der Waals surface area contributed by atoms with Crippen LogP contribution in [0.5, 0.6) is 0 Å². The highest BCUT2D eigenvalue weighted by Crippen LogP contribution is 2.33. The lowest BCUT2D eigenvalue weighted by Gasteiger charge is -2.18. The fourth-order valence-electron chi connectivity index (χ4n) is 3.35. The Hall–Kier alpha value is -3.01. The monoisotopic (exact) mass is 329 g/mol. The molecule has 0 saturated carbocycles. The summed E-state index contributed by atoms with van der Waals surface area (Å²) < 4.78 is 0. The molecule has 0 radical (unpaired) electrons. The molecule has 0 unspecified atom stereocenters. The Morgan fingerprint density at radius 3 is 2.72 bits per heavy atom. The fraction of sp³-hybridized carbons (Fsp3) is 0.190. The van der Waals surface area contributed by atoms with E-state index in [4.69, 9.17) is 0 Å². The molecule has 1 aliphatic rings. The SMILES string of the molecule is Cc1nccc(-c2ccc3c(c2)CCN3C(=O)c2ccccc2C)n1. The van der Waals surface area contributed by atoms with Crippen LogP contribution in [-0.4, -0.2) is 22.4 Å². The molecular formula is C21H19N3O. The van der Waals surface area contributed by atoms with Gasteiger partial charge in [0.25, 0.3) is 5.91 Å². The number of amides is 1. The van der Waals surface area contributed by atoms with Crippen LogP contribution in [0.3, 0.4) is 0 Å². The Morgan fingerprint density at radius 1 is 1.08 bits per heavy atom. The predicted octanol–water partition coefficient (Wildman–Crippen LogP) is 3.96. The number of carbonyl (C=O) groups is 1. The molecule has 4 rings (SSSR count). The first-order valence-electron chi connectivity index (χ1n) is 8.44. The van der Waals surface area contributed by atoms with Crippen molar-refractivity contribution in [2.45, 2.75) is 20.3 Å². The van der Waals surface area contributed by atoms with Crippen molar-refractivity contribution in [1.82, 2.24) is 9.97 Å². The summed E-state index contributed by atoms with van der Waals surface area (Å²) in [5.74, 6) is 0.830. The van der Waals surface area contributed by atoms with Crippen molar-refractivity contribution in [3.63, 3.8) is 0 Å². The van der Waals surface area contributed by atoms with E-state index in [0.29, 0.717) is 0 Å².